The van der Waals surface area contributed by atoms with Crippen LogP contribution in [0.3, 0.4) is 0 Å². The first-order valence-corrected chi connectivity index (χ1v) is 7.64. The van der Waals surface area contributed by atoms with Crippen LogP contribution < -0.4 is 0 Å². The first-order valence-electron chi connectivity index (χ1n) is 7.64. The molecule has 1 saturated heterocycles. The van der Waals surface area contributed by atoms with E-state index >= 15 is 0 Å². The number of para-hydroxylation sites is 1. The summed E-state index contributed by atoms with van der Waals surface area (Å²) in [5, 5.41) is 1.16. The SMILES string of the molecule is CN(C)CC1CCCN1C(=O)Cc1c[nH]c2ccccc12. The molecule has 112 valence electrons. The molecule has 1 unspecified atom stereocenters. The standard InChI is InChI=1S/C17H23N3O/c1-19(2)12-14-6-5-9-20(14)17(21)10-13-11-18-16-8-4-3-7-15(13)16/h3-4,7-8,11,14,18H,5-6,9-10,12H2,1-2H3. The van der Waals surface area contributed by atoms with Crippen molar-refractivity contribution in [3.05, 3.63) is 36.0 Å². The Hall–Kier alpha value is -1.81. The molecule has 1 aliphatic heterocycles. The molecule has 4 nitrogen and oxygen atoms in total. The van der Waals surface area contributed by atoms with Gasteiger partial charge < -0.3 is 14.8 Å². The molecule has 0 saturated carbocycles. The fourth-order valence-electron chi connectivity index (χ4n) is 3.32. The molecule has 4 heteroatoms. The van der Waals surface area contributed by atoms with E-state index in [0.29, 0.717) is 12.5 Å². The van der Waals surface area contributed by atoms with Gasteiger partial charge >= 0.3 is 0 Å². The average molecular weight is 285 g/mol. The van der Waals surface area contributed by atoms with Gasteiger partial charge in [-0.25, -0.2) is 0 Å². The molecule has 1 fully saturated rings. The van der Waals surface area contributed by atoms with Crippen LogP contribution in [0.1, 0.15) is 18.4 Å². The summed E-state index contributed by atoms with van der Waals surface area (Å²) in [6.07, 6.45) is 4.71. The van der Waals surface area contributed by atoms with Crippen LogP contribution in [0.2, 0.25) is 0 Å². The van der Waals surface area contributed by atoms with E-state index in [1.54, 1.807) is 0 Å². The number of nitrogens with zero attached hydrogens (tertiary/aromatic N) is 2. The number of likely N-dealkylation sites (N-methyl/N-ethyl adjacent to an activating group) is 1. The smallest absolute Gasteiger partial charge is 0.227 e. The van der Waals surface area contributed by atoms with Crippen molar-refractivity contribution in [3.8, 4) is 0 Å². The van der Waals surface area contributed by atoms with Crippen LogP contribution in [0.4, 0.5) is 0 Å². The van der Waals surface area contributed by atoms with Crippen LogP contribution in [0.15, 0.2) is 30.5 Å². The van der Waals surface area contributed by atoms with Gasteiger partial charge in [-0.2, -0.15) is 0 Å². The quantitative estimate of drug-likeness (QED) is 0.936. The number of aromatic nitrogens is 1. The van der Waals surface area contributed by atoms with Crippen molar-refractivity contribution < 1.29 is 4.79 Å². The third kappa shape index (κ3) is 2.95. The van der Waals surface area contributed by atoms with Crippen molar-refractivity contribution in [2.45, 2.75) is 25.3 Å². The monoisotopic (exact) mass is 285 g/mol. The topological polar surface area (TPSA) is 39.3 Å². The lowest BCUT2D eigenvalue weighted by atomic mass is 10.1. The van der Waals surface area contributed by atoms with Gasteiger partial charge in [0.05, 0.1) is 6.42 Å². The Labute approximate surface area is 125 Å². The van der Waals surface area contributed by atoms with Crippen molar-refractivity contribution in [1.82, 2.24) is 14.8 Å². The highest BCUT2D eigenvalue weighted by Crippen LogP contribution is 2.22. The van der Waals surface area contributed by atoms with Gasteiger partial charge in [-0.3, -0.25) is 4.79 Å². The van der Waals surface area contributed by atoms with E-state index in [1.165, 1.54) is 0 Å². The average Bonchev–Trinajstić information content (AvgIpc) is 3.06. The normalized spacial score (nSPS) is 18.8. The second kappa shape index (κ2) is 5.90. The summed E-state index contributed by atoms with van der Waals surface area (Å²) in [6, 6.07) is 8.54. The van der Waals surface area contributed by atoms with Crippen LogP contribution in [0.5, 0.6) is 0 Å². The number of fused-ring (bicyclic) bond motifs is 1. The molecular weight excluding hydrogens is 262 g/mol. The molecule has 0 spiro atoms. The molecule has 1 aromatic carbocycles. The lowest BCUT2D eigenvalue weighted by Crippen LogP contribution is -2.42. The summed E-state index contributed by atoms with van der Waals surface area (Å²) in [4.78, 5) is 20.1. The van der Waals surface area contributed by atoms with E-state index in [4.69, 9.17) is 0 Å². The van der Waals surface area contributed by atoms with Crippen LogP contribution in [-0.4, -0.2) is 53.9 Å². The maximum Gasteiger partial charge on any atom is 0.227 e. The van der Waals surface area contributed by atoms with Crippen LogP contribution in [-0.2, 0) is 11.2 Å². The maximum atomic E-state index is 12.6. The minimum atomic E-state index is 0.254. The van der Waals surface area contributed by atoms with Crippen LogP contribution >= 0.6 is 0 Å². The second-order valence-electron chi connectivity index (χ2n) is 6.18. The van der Waals surface area contributed by atoms with E-state index in [2.05, 4.69) is 34.9 Å². The van der Waals surface area contributed by atoms with Gasteiger partial charge in [0.25, 0.3) is 0 Å². The van der Waals surface area contributed by atoms with Crippen LogP contribution in [0, 0.1) is 0 Å². The highest BCUT2D eigenvalue weighted by atomic mass is 16.2. The molecule has 0 aliphatic carbocycles. The number of aromatic amines is 1. The third-order valence-electron chi connectivity index (χ3n) is 4.29. The Bertz CT molecular complexity index is 632. The number of hydrogen-bond acceptors (Lipinski definition) is 2. The Morgan fingerprint density at radius 1 is 1.38 bits per heavy atom. The fourth-order valence-corrected chi connectivity index (χ4v) is 3.32. The highest BCUT2D eigenvalue weighted by Gasteiger charge is 2.29. The molecule has 2 aromatic rings. The third-order valence-corrected chi connectivity index (χ3v) is 4.29. The van der Waals surface area contributed by atoms with Crippen LogP contribution in [0.25, 0.3) is 10.9 Å². The Balaban J connectivity index is 1.74. The van der Waals surface area contributed by atoms with Gasteiger partial charge in [0.1, 0.15) is 0 Å². The molecule has 1 aromatic heterocycles. The zero-order valence-electron chi connectivity index (χ0n) is 12.8. The fraction of sp³-hybridized carbons (Fsp3) is 0.471. The first kappa shape index (κ1) is 14.1. The van der Waals surface area contributed by atoms with E-state index in [9.17, 15) is 4.79 Å². The van der Waals surface area contributed by atoms with E-state index in [0.717, 1.165) is 42.4 Å². The van der Waals surface area contributed by atoms with Crippen molar-refractivity contribution >= 4 is 16.8 Å². The van der Waals surface area contributed by atoms with E-state index in [1.807, 2.05) is 24.4 Å². The molecule has 1 amide bonds. The van der Waals surface area contributed by atoms with Crippen molar-refractivity contribution in [1.29, 1.82) is 0 Å². The first-order chi connectivity index (χ1) is 10.1. The van der Waals surface area contributed by atoms with E-state index in [-0.39, 0.29) is 5.91 Å². The largest absolute Gasteiger partial charge is 0.361 e. The molecule has 3 rings (SSSR count). The summed E-state index contributed by atoms with van der Waals surface area (Å²) >= 11 is 0. The van der Waals surface area contributed by atoms with Gasteiger partial charge in [0.15, 0.2) is 0 Å². The summed E-state index contributed by atoms with van der Waals surface area (Å²) in [5.74, 6) is 0.254. The predicted molar refractivity (Wildman–Crippen MR) is 85.3 cm³/mol. The molecule has 1 N–H and O–H groups in total. The molecule has 1 aliphatic rings. The zero-order chi connectivity index (χ0) is 14.8. The number of carbonyl (C=O) groups excluding carboxylic acids is 1. The number of benzene rings is 1. The number of amides is 1. The van der Waals surface area contributed by atoms with Gasteiger partial charge in [0.2, 0.25) is 5.91 Å². The number of likely N-dealkylation sites (tertiary alicyclic amines) is 1. The molecule has 1 atom stereocenters. The summed E-state index contributed by atoms with van der Waals surface area (Å²) in [5.41, 5.74) is 2.21. The summed E-state index contributed by atoms with van der Waals surface area (Å²) < 4.78 is 0. The van der Waals surface area contributed by atoms with Gasteiger partial charge in [0, 0.05) is 36.2 Å². The highest BCUT2D eigenvalue weighted by molar-refractivity contribution is 5.89. The number of rotatable bonds is 4. The zero-order valence-corrected chi connectivity index (χ0v) is 12.8. The molecule has 0 radical (unpaired) electrons. The minimum Gasteiger partial charge on any atom is -0.361 e. The molecular formula is C17H23N3O. The second-order valence-corrected chi connectivity index (χ2v) is 6.18. The van der Waals surface area contributed by atoms with E-state index < -0.39 is 0 Å². The molecule has 0 bridgehead atoms. The van der Waals surface area contributed by atoms with Gasteiger partial charge in [-0.15, -0.1) is 0 Å². The van der Waals surface area contributed by atoms with Crippen molar-refractivity contribution in [2.24, 2.45) is 0 Å². The number of carbonyl (C=O) groups is 1. The summed E-state index contributed by atoms with van der Waals surface area (Å²) in [6.45, 7) is 1.86. The lowest BCUT2D eigenvalue weighted by Gasteiger charge is -2.27. The Morgan fingerprint density at radius 3 is 3.00 bits per heavy atom. The number of nitrogens with one attached hydrogen (secondary N) is 1. The Morgan fingerprint density at radius 2 is 2.19 bits per heavy atom. The number of H-pyrrole nitrogens is 1. The maximum absolute atomic E-state index is 12.6. The predicted octanol–water partition coefficient (Wildman–Crippen LogP) is 2.26. The van der Waals surface area contributed by atoms with Gasteiger partial charge in [-0.05, 0) is 38.6 Å². The van der Waals surface area contributed by atoms with Gasteiger partial charge in [-0.1, -0.05) is 18.2 Å². The van der Waals surface area contributed by atoms with Crippen molar-refractivity contribution in [2.75, 3.05) is 27.2 Å². The van der Waals surface area contributed by atoms with Crippen molar-refractivity contribution in [3.63, 3.8) is 0 Å². The minimum absolute atomic E-state index is 0.254. The summed E-state index contributed by atoms with van der Waals surface area (Å²) in [7, 11) is 4.14. The molecule has 21 heavy (non-hydrogen) atoms. The lowest BCUT2D eigenvalue weighted by molar-refractivity contribution is -0.131. The Kier molecular flexibility index (Phi) is 3.97. The number of hydrogen-bond donors (Lipinski definition) is 1. The molecule has 2 heterocycles.